The van der Waals surface area contributed by atoms with Crippen LogP contribution in [0.2, 0.25) is 0 Å². The number of amides is 1. The third kappa shape index (κ3) is 4.50. The second-order valence-electron chi connectivity index (χ2n) is 8.50. The predicted octanol–water partition coefficient (Wildman–Crippen LogP) is 4.39. The van der Waals surface area contributed by atoms with Crippen molar-refractivity contribution in [1.29, 1.82) is 0 Å². The van der Waals surface area contributed by atoms with E-state index >= 15 is 0 Å². The molecule has 0 bridgehead atoms. The van der Waals surface area contributed by atoms with E-state index in [0.717, 1.165) is 36.3 Å². The second kappa shape index (κ2) is 9.49. The molecule has 6 heteroatoms. The highest BCUT2D eigenvalue weighted by Crippen LogP contribution is 2.30. The van der Waals surface area contributed by atoms with Crippen molar-refractivity contribution < 1.29 is 4.79 Å². The van der Waals surface area contributed by atoms with Gasteiger partial charge < -0.3 is 14.7 Å². The van der Waals surface area contributed by atoms with Crippen LogP contribution in [0.4, 0.5) is 11.5 Å². The number of aromatic nitrogens is 2. The number of hydrogen-bond donors (Lipinski definition) is 0. The number of anilines is 2. The minimum atomic E-state index is -0.0361. The predicted molar refractivity (Wildman–Crippen MR) is 129 cm³/mol. The van der Waals surface area contributed by atoms with Crippen molar-refractivity contribution in [3.63, 3.8) is 0 Å². The fraction of sp³-hybridized carbons (Fsp3) is 0.346. The Morgan fingerprint density at radius 3 is 2.59 bits per heavy atom. The molecule has 2 aromatic carbocycles. The first-order chi connectivity index (χ1) is 15.5. The number of likely N-dealkylation sites (N-methyl/N-ethyl adjacent to an activating group) is 2. The molecule has 32 heavy (non-hydrogen) atoms. The van der Waals surface area contributed by atoms with Gasteiger partial charge in [-0.25, -0.2) is 9.97 Å². The van der Waals surface area contributed by atoms with E-state index in [0.29, 0.717) is 23.8 Å². The summed E-state index contributed by atoms with van der Waals surface area (Å²) in [6.07, 6.45) is 2.67. The lowest BCUT2D eigenvalue weighted by Crippen LogP contribution is -2.39. The van der Waals surface area contributed by atoms with Crippen LogP contribution in [-0.2, 0) is 0 Å². The van der Waals surface area contributed by atoms with Crippen LogP contribution in [0.1, 0.15) is 29.3 Å². The largest absolute Gasteiger partial charge is 0.337 e. The van der Waals surface area contributed by atoms with E-state index in [1.807, 2.05) is 48.3 Å². The van der Waals surface area contributed by atoms with Gasteiger partial charge in [0, 0.05) is 43.6 Å². The lowest BCUT2D eigenvalue weighted by molar-refractivity contribution is 0.0737. The Morgan fingerprint density at radius 1 is 1.16 bits per heavy atom. The number of aryl methyl sites for hydroxylation is 1. The number of hydrogen-bond acceptors (Lipinski definition) is 5. The molecule has 1 aromatic heterocycles. The van der Waals surface area contributed by atoms with Gasteiger partial charge in [0.25, 0.3) is 5.91 Å². The molecule has 1 unspecified atom stereocenters. The van der Waals surface area contributed by atoms with Gasteiger partial charge in [0.1, 0.15) is 11.4 Å². The first kappa shape index (κ1) is 22.0. The van der Waals surface area contributed by atoms with Crippen LogP contribution in [0.5, 0.6) is 0 Å². The van der Waals surface area contributed by atoms with Crippen molar-refractivity contribution in [3.8, 4) is 11.4 Å². The van der Waals surface area contributed by atoms with E-state index in [9.17, 15) is 4.79 Å². The van der Waals surface area contributed by atoms with Gasteiger partial charge >= 0.3 is 0 Å². The van der Waals surface area contributed by atoms with Gasteiger partial charge in [-0.15, -0.1) is 0 Å². The molecule has 0 N–H and O–H groups in total. The van der Waals surface area contributed by atoms with Crippen LogP contribution in [0, 0.1) is 6.92 Å². The zero-order valence-electron chi connectivity index (χ0n) is 19.3. The van der Waals surface area contributed by atoms with Crippen LogP contribution in [0.15, 0.2) is 60.8 Å². The lowest BCUT2D eigenvalue weighted by Gasteiger charge is -2.28. The number of nitrogens with zero attached hydrogens (tertiary/aromatic N) is 5. The van der Waals surface area contributed by atoms with Crippen molar-refractivity contribution in [2.75, 3.05) is 38.6 Å². The Hall–Kier alpha value is -3.25. The Kier molecular flexibility index (Phi) is 6.51. The molecule has 1 amide bonds. The number of rotatable bonds is 6. The van der Waals surface area contributed by atoms with Gasteiger partial charge in [0.2, 0.25) is 0 Å². The Labute approximate surface area is 190 Å². The molecular formula is C26H31N5O. The van der Waals surface area contributed by atoms with Crippen LogP contribution >= 0.6 is 0 Å². The summed E-state index contributed by atoms with van der Waals surface area (Å²) in [7, 11) is 3.99. The molecule has 6 nitrogen and oxygen atoms in total. The van der Waals surface area contributed by atoms with Gasteiger partial charge in [-0.05, 0) is 51.6 Å². The maximum absolute atomic E-state index is 13.6. The quantitative estimate of drug-likeness (QED) is 0.582. The van der Waals surface area contributed by atoms with Crippen molar-refractivity contribution >= 4 is 17.4 Å². The molecule has 1 fully saturated rings. The monoisotopic (exact) mass is 429 g/mol. The number of carbonyl (C=O) groups is 1. The summed E-state index contributed by atoms with van der Waals surface area (Å²) in [4.78, 5) is 29.4. The summed E-state index contributed by atoms with van der Waals surface area (Å²) in [5.41, 5.74) is 3.64. The molecule has 1 aliphatic rings. The summed E-state index contributed by atoms with van der Waals surface area (Å²) >= 11 is 0. The smallest absolute Gasteiger partial charge is 0.259 e. The first-order valence-electron chi connectivity index (χ1n) is 11.2. The minimum Gasteiger partial charge on any atom is -0.337 e. The average molecular weight is 430 g/mol. The summed E-state index contributed by atoms with van der Waals surface area (Å²) in [6.45, 7) is 6.73. The van der Waals surface area contributed by atoms with Crippen molar-refractivity contribution in [1.82, 2.24) is 19.8 Å². The van der Waals surface area contributed by atoms with E-state index in [2.05, 4.69) is 53.9 Å². The molecule has 0 saturated carbocycles. The summed E-state index contributed by atoms with van der Waals surface area (Å²) in [5, 5.41) is 0. The highest BCUT2D eigenvalue weighted by atomic mass is 16.2. The van der Waals surface area contributed by atoms with Gasteiger partial charge in [0.15, 0.2) is 5.82 Å². The summed E-state index contributed by atoms with van der Waals surface area (Å²) in [6, 6.07) is 18.4. The van der Waals surface area contributed by atoms with E-state index in [4.69, 9.17) is 4.98 Å². The van der Waals surface area contributed by atoms with Crippen LogP contribution < -0.4 is 4.90 Å². The molecule has 0 radical (unpaired) electrons. The second-order valence-corrected chi connectivity index (χ2v) is 8.50. The van der Waals surface area contributed by atoms with Gasteiger partial charge in [-0.3, -0.25) is 4.79 Å². The minimum absolute atomic E-state index is 0.0361. The number of carbonyl (C=O) groups excluding carboxylic acids is 1. The van der Waals surface area contributed by atoms with Crippen molar-refractivity contribution in [2.24, 2.45) is 0 Å². The fourth-order valence-electron chi connectivity index (χ4n) is 4.29. The first-order valence-corrected chi connectivity index (χ1v) is 11.2. The molecular weight excluding hydrogens is 398 g/mol. The molecule has 1 aliphatic heterocycles. The Morgan fingerprint density at radius 2 is 1.94 bits per heavy atom. The number of likely N-dealkylation sites (tertiary alicyclic amines) is 1. The van der Waals surface area contributed by atoms with E-state index < -0.39 is 0 Å². The molecule has 0 aliphatic carbocycles. The Bertz CT molecular complexity index is 1080. The summed E-state index contributed by atoms with van der Waals surface area (Å²) in [5.74, 6) is 1.23. The van der Waals surface area contributed by atoms with Crippen LogP contribution in [0.25, 0.3) is 11.4 Å². The standard InChI is InChI=1S/C26H31N5O/c1-5-31(21-13-9-10-19(2)16-21)25-23(26(32)30(4)22-14-15-29(3)18-22)17-27-24(28-25)20-11-7-6-8-12-20/h6-13,16-17,22H,5,14-15,18H2,1-4H3. The fourth-order valence-corrected chi connectivity index (χ4v) is 4.29. The zero-order valence-corrected chi connectivity index (χ0v) is 19.3. The van der Waals surface area contributed by atoms with Crippen molar-refractivity contribution in [2.45, 2.75) is 26.3 Å². The topological polar surface area (TPSA) is 52.6 Å². The third-order valence-electron chi connectivity index (χ3n) is 6.15. The molecule has 166 valence electrons. The highest BCUT2D eigenvalue weighted by molar-refractivity contribution is 5.99. The van der Waals surface area contributed by atoms with Gasteiger partial charge in [0.05, 0.1) is 0 Å². The molecule has 3 aromatic rings. The number of benzene rings is 2. The summed E-state index contributed by atoms with van der Waals surface area (Å²) < 4.78 is 0. The lowest BCUT2D eigenvalue weighted by atomic mass is 10.1. The zero-order chi connectivity index (χ0) is 22.7. The molecule has 0 spiro atoms. The maximum Gasteiger partial charge on any atom is 0.259 e. The van der Waals surface area contributed by atoms with E-state index in [1.54, 1.807) is 6.20 Å². The average Bonchev–Trinajstić information content (AvgIpc) is 3.25. The third-order valence-corrected chi connectivity index (χ3v) is 6.15. The van der Waals surface area contributed by atoms with Crippen LogP contribution in [-0.4, -0.2) is 65.4 Å². The van der Waals surface area contributed by atoms with Gasteiger partial charge in [-0.2, -0.15) is 0 Å². The molecule has 1 saturated heterocycles. The van der Waals surface area contributed by atoms with Crippen LogP contribution in [0.3, 0.4) is 0 Å². The maximum atomic E-state index is 13.6. The SMILES string of the molecule is CCN(c1cccc(C)c1)c1nc(-c2ccccc2)ncc1C(=O)N(C)C1CCN(C)C1. The Balaban J connectivity index is 1.79. The van der Waals surface area contributed by atoms with Crippen molar-refractivity contribution in [3.05, 3.63) is 71.9 Å². The van der Waals surface area contributed by atoms with E-state index in [-0.39, 0.29) is 11.9 Å². The molecule has 2 heterocycles. The molecule has 1 atom stereocenters. The highest BCUT2D eigenvalue weighted by Gasteiger charge is 2.30. The van der Waals surface area contributed by atoms with Gasteiger partial charge in [-0.1, -0.05) is 42.5 Å². The normalized spacial score (nSPS) is 16.2. The molecule has 4 rings (SSSR count). The van der Waals surface area contributed by atoms with E-state index in [1.165, 1.54) is 0 Å².